The third-order valence-electron chi connectivity index (χ3n) is 7.26. The number of fused-ring (bicyclic) bond motifs is 2. The van der Waals surface area contributed by atoms with Crippen LogP contribution in [-0.4, -0.2) is 37.3 Å². The maximum absolute atomic E-state index is 12.9. The first-order valence-electron chi connectivity index (χ1n) is 12.7. The number of aryl methyl sites for hydroxylation is 1. The Balaban J connectivity index is 1.32. The monoisotopic (exact) mass is 515 g/mol. The van der Waals surface area contributed by atoms with E-state index in [1.807, 2.05) is 6.92 Å². The maximum Gasteiger partial charge on any atom is 0.339 e. The highest BCUT2D eigenvalue weighted by atomic mass is 32.2. The Bertz CT molecular complexity index is 1600. The largest absolute Gasteiger partial charge is 0.379 e. The number of carbonyl (C=O) groups excluding carboxylic acids is 1. The Morgan fingerprint density at radius 1 is 0.946 bits per heavy atom. The van der Waals surface area contributed by atoms with Crippen molar-refractivity contribution in [1.82, 2.24) is 15.2 Å². The number of H-pyrrole nitrogens is 1. The van der Waals surface area contributed by atoms with Gasteiger partial charge >= 0.3 is 10.1 Å². The van der Waals surface area contributed by atoms with Gasteiger partial charge in [-0.1, -0.05) is 30.2 Å². The van der Waals surface area contributed by atoms with E-state index in [2.05, 4.69) is 39.5 Å². The van der Waals surface area contributed by atoms with E-state index in [1.54, 1.807) is 24.3 Å². The average molecular weight is 516 g/mol. The van der Waals surface area contributed by atoms with Crippen molar-refractivity contribution in [3.8, 4) is 17.0 Å². The Morgan fingerprint density at radius 2 is 1.73 bits per heavy atom. The molecule has 3 heterocycles. The number of hydrogen-bond acceptors (Lipinski definition) is 5. The first-order valence-corrected chi connectivity index (χ1v) is 14.1. The van der Waals surface area contributed by atoms with E-state index in [9.17, 15) is 13.2 Å². The average Bonchev–Trinajstić information content (AvgIpc) is 3.49. The molecule has 0 aliphatic carbocycles. The minimum absolute atomic E-state index is 0.0733. The number of amides is 1. The molecule has 0 spiro atoms. The van der Waals surface area contributed by atoms with Gasteiger partial charge in [0.1, 0.15) is 10.6 Å². The standard InChI is InChI=1S/C29H29N3O4S/c1-19-5-8-22(9-6-19)37(34,35)36-27-12-10-23(28-24(27)17-30-29(28)33)26-16-21-15-20(7-11-25(21)31-26)18-32-13-3-2-4-14-32/h5-12,15-16,31H,2-4,13-14,17-18H2,1H3,(H,30,33). The van der Waals surface area contributed by atoms with E-state index in [0.29, 0.717) is 11.1 Å². The summed E-state index contributed by atoms with van der Waals surface area (Å²) in [6, 6.07) is 18.4. The van der Waals surface area contributed by atoms with Gasteiger partial charge in [0.25, 0.3) is 5.91 Å². The van der Waals surface area contributed by atoms with Crippen LogP contribution < -0.4 is 9.50 Å². The molecule has 0 radical (unpaired) electrons. The summed E-state index contributed by atoms with van der Waals surface area (Å²) in [7, 11) is -4.04. The molecule has 37 heavy (non-hydrogen) atoms. The number of aromatic nitrogens is 1. The number of likely N-dealkylation sites (tertiary alicyclic amines) is 1. The number of nitrogens with zero attached hydrogens (tertiary/aromatic N) is 1. The van der Waals surface area contributed by atoms with Crippen molar-refractivity contribution in [3.05, 3.63) is 82.9 Å². The second kappa shape index (κ2) is 9.36. The van der Waals surface area contributed by atoms with Crippen molar-refractivity contribution in [1.29, 1.82) is 0 Å². The number of nitrogens with one attached hydrogen (secondary N) is 2. The van der Waals surface area contributed by atoms with Crippen LogP contribution in [0.4, 0.5) is 0 Å². The summed E-state index contributed by atoms with van der Waals surface area (Å²) in [6.45, 7) is 5.33. The van der Waals surface area contributed by atoms with Gasteiger partial charge in [0.2, 0.25) is 0 Å². The lowest BCUT2D eigenvalue weighted by atomic mass is 9.99. The van der Waals surface area contributed by atoms with Crippen LogP contribution in [0.3, 0.4) is 0 Å². The van der Waals surface area contributed by atoms with Gasteiger partial charge in [0.15, 0.2) is 0 Å². The van der Waals surface area contributed by atoms with Crippen LogP contribution >= 0.6 is 0 Å². The topological polar surface area (TPSA) is 91.5 Å². The number of hydrogen-bond donors (Lipinski definition) is 2. The smallest absolute Gasteiger partial charge is 0.339 e. The second-order valence-corrected chi connectivity index (χ2v) is 11.5. The third kappa shape index (κ3) is 4.63. The number of benzene rings is 3. The Morgan fingerprint density at radius 3 is 2.51 bits per heavy atom. The molecule has 2 N–H and O–H groups in total. The minimum atomic E-state index is -4.04. The van der Waals surface area contributed by atoms with Crippen molar-refractivity contribution < 1.29 is 17.4 Å². The van der Waals surface area contributed by atoms with Gasteiger partial charge < -0.3 is 14.5 Å². The van der Waals surface area contributed by atoms with Gasteiger partial charge in [-0.15, -0.1) is 0 Å². The van der Waals surface area contributed by atoms with Gasteiger partial charge in [-0.2, -0.15) is 8.42 Å². The van der Waals surface area contributed by atoms with Gasteiger partial charge in [-0.25, -0.2) is 0 Å². The lowest BCUT2D eigenvalue weighted by Crippen LogP contribution is -2.28. The summed E-state index contributed by atoms with van der Waals surface area (Å²) < 4.78 is 31.3. The van der Waals surface area contributed by atoms with E-state index in [4.69, 9.17) is 4.18 Å². The van der Waals surface area contributed by atoms with Crippen LogP contribution in [0.1, 0.15) is 46.3 Å². The van der Waals surface area contributed by atoms with E-state index in [0.717, 1.165) is 47.4 Å². The summed E-state index contributed by atoms with van der Waals surface area (Å²) in [5, 5.41) is 3.91. The number of rotatable bonds is 6. The van der Waals surface area contributed by atoms with Gasteiger partial charge in [0, 0.05) is 40.8 Å². The summed E-state index contributed by atoms with van der Waals surface area (Å²) in [5.74, 6) is -0.0785. The van der Waals surface area contributed by atoms with Crippen LogP contribution in [0, 0.1) is 6.92 Å². The maximum atomic E-state index is 12.9. The van der Waals surface area contributed by atoms with E-state index in [1.165, 1.54) is 37.0 Å². The molecule has 7 nitrogen and oxygen atoms in total. The van der Waals surface area contributed by atoms with Gasteiger partial charge in [-0.3, -0.25) is 9.69 Å². The zero-order chi connectivity index (χ0) is 25.6. The highest BCUT2D eigenvalue weighted by Crippen LogP contribution is 2.37. The fraction of sp³-hybridized carbons (Fsp3) is 0.276. The van der Waals surface area contributed by atoms with Crippen LogP contribution in [0.5, 0.6) is 5.75 Å². The summed E-state index contributed by atoms with van der Waals surface area (Å²) >= 11 is 0. The van der Waals surface area contributed by atoms with Crippen LogP contribution in [-0.2, 0) is 23.2 Å². The van der Waals surface area contributed by atoms with Crippen molar-refractivity contribution in [2.24, 2.45) is 0 Å². The lowest BCUT2D eigenvalue weighted by Gasteiger charge is -2.26. The van der Waals surface area contributed by atoms with Gasteiger partial charge in [0.05, 0.1) is 5.56 Å². The fourth-order valence-corrected chi connectivity index (χ4v) is 6.25. The van der Waals surface area contributed by atoms with Crippen molar-refractivity contribution in [2.45, 2.75) is 44.2 Å². The molecule has 1 amide bonds. The van der Waals surface area contributed by atoms with Crippen LogP contribution in [0.25, 0.3) is 22.2 Å². The molecule has 0 atom stereocenters. The number of aromatic amines is 1. The van der Waals surface area contributed by atoms with Crippen molar-refractivity contribution in [2.75, 3.05) is 13.1 Å². The molecule has 4 aromatic rings. The molecule has 190 valence electrons. The first-order chi connectivity index (χ1) is 17.9. The summed E-state index contributed by atoms with van der Waals surface area (Å²) in [6.07, 6.45) is 3.84. The number of piperidine rings is 1. The van der Waals surface area contributed by atoms with Gasteiger partial charge in [-0.05, 0) is 80.9 Å². The van der Waals surface area contributed by atoms with Crippen molar-refractivity contribution >= 4 is 26.9 Å². The molecule has 2 aliphatic heterocycles. The molecule has 1 fully saturated rings. The quantitative estimate of drug-likeness (QED) is 0.347. The fourth-order valence-electron chi connectivity index (χ4n) is 5.30. The second-order valence-electron chi connectivity index (χ2n) is 9.94. The van der Waals surface area contributed by atoms with E-state index < -0.39 is 10.1 Å². The summed E-state index contributed by atoms with van der Waals surface area (Å²) in [4.78, 5) is 18.9. The Labute approximate surface area is 216 Å². The Kier molecular flexibility index (Phi) is 6.01. The van der Waals surface area contributed by atoms with Crippen LogP contribution in [0.2, 0.25) is 0 Å². The molecular formula is C29H29N3O4S. The first kappa shape index (κ1) is 23.8. The van der Waals surface area contributed by atoms with Crippen LogP contribution in [0.15, 0.2) is 65.6 Å². The predicted molar refractivity (Wildman–Crippen MR) is 143 cm³/mol. The Hall–Kier alpha value is -3.62. The lowest BCUT2D eigenvalue weighted by molar-refractivity contribution is 0.0966. The normalized spacial score (nSPS) is 16.1. The molecule has 8 heteroatoms. The number of carbonyl (C=O) groups is 1. The zero-order valence-electron chi connectivity index (χ0n) is 20.7. The highest BCUT2D eigenvalue weighted by molar-refractivity contribution is 7.87. The predicted octanol–water partition coefficient (Wildman–Crippen LogP) is 5.14. The molecule has 2 aliphatic rings. The molecule has 0 unspecified atom stereocenters. The molecule has 1 saturated heterocycles. The SMILES string of the molecule is Cc1ccc(S(=O)(=O)Oc2ccc(-c3cc4cc(CN5CCCCC5)ccc4[nH]3)c3c2CNC3=O)cc1. The summed E-state index contributed by atoms with van der Waals surface area (Å²) in [5.41, 5.74) is 5.74. The molecule has 1 aromatic heterocycles. The van der Waals surface area contributed by atoms with Crippen molar-refractivity contribution in [3.63, 3.8) is 0 Å². The van der Waals surface area contributed by atoms with E-state index >= 15 is 0 Å². The molecule has 0 saturated carbocycles. The molecule has 6 rings (SSSR count). The molecule has 0 bridgehead atoms. The van der Waals surface area contributed by atoms with E-state index in [-0.39, 0.29) is 23.1 Å². The molecular weight excluding hydrogens is 486 g/mol. The minimum Gasteiger partial charge on any atom is -0.379 e. The highest BCUT2D eigenvalue weighted by Gasteiger charge is 2.29. The zero-order valence-corrected chi connectivity index (χ0v) is 21.5. The third-order valence-corrected chi connectivity index (χ3v) is 8.51. The molecule has 3 aromatic carbocycles.